The van der Waals surface area contributed by atoms with Gasteiger partial charge in [-0.05, 0) is 25.7 Å². The first-order chi connectivity index (χ1) is 7.64. The quantitative estimate of drug-likeness (QED) is 0.568. The molecule has 0 spiro atoms. The standard InChI is InChI=1S/C12H19NO3/c1-3-6-12(8-5-10(14)16-2)7-4-9-13-11(12)15/h3H,1,4-9H2,2H3,(H,13,15). The molecular formula is C12H19NO3. The Hall–Kier alpha value is -1.32. The number of piperidine rings is 1. The lowest BCUT2D eigenvalue weighted by molar-refractivity contribution is -0.142. The maximum Gasteiger partial charge on any atom is 0.305 e. The third kappa shape index (κ3) is 2.84. The fraction of sp³-hybridized carbons (Fsp3) is 0.667. The number of carbonyl (C=O) groups is 2. The summed E-state index contributed by atoms with van der Waals surface area (Å²) in [4.78, 5) is 23.0. The van der Waals surface area contributed by atoms with Crippen LogP contribution < -0.4 is 5.32 Å². The minimum atomic E-state index is -0.450. The van der Waals surface area contributed by atoms with Gasteiger partial charge in [0.2, 0.25) is 5.91 Å². The highest BCUT2D eigenvalue weighted by molar-refractivity contribution is 5.84. The fourth-order valence-corrected chi connectivity index (χ4v) is 2.18. The molecule has 1 unspecified atom stereocenters. The van der Waals surface area contributed by atoms with E-state index in [9.17, 15) is 9.59 Å². The molecule has 1 heterocycles. The minimum Gasteiger partial charge on any atom is -0.469 e. The van der Waals surface area contributed by atoms with E-state index in [0.29, 0.717) is 12.8 Å². The van der Waals surface area contributed by atoms with Gasteiger partial charge in [-0.15, -0.1) is 6.58 Å². The first-order valence-corrected chi connectivity index (χ1v) is 5.60. The van der Waals surface area contributed by atoms with Crippen LogP contribution in [0.2, 0.25) is 0 Å². The van der Waals surface area contributed by atoms with E-state index in [0.717, 1.165) is 19.4 Å². The number of nitrogens with one attached hydrogen (secondary N) is 1. The van der Waals surface area contributed by atoms with Gasteiger partial charge >= 0.3 is 5.97 Å². The van der Waals surface area contributed by atoms with E-state index in [1.165, 1.54) is 7.11 Å². The lowest BCUT2D eigenvalue weighted by Gasteiger charge is -2.35. The van der Waals surface area contributed by atoms with Crippen molar-refractivity contribution in [2.75, 3.05) is 13.7 Å². The van der Waals surface area contributed by atoms with Crippen molar-refractivity contribution in [3.8, 4) is 0 Å². The highest BCUT2D eigenvalue weighted by atomic mass is 16.5. The summed E-state index contributed by atoms with van der Waals surface area (Å²) in [6.45, 7) is 4.42. The summed E-state index contributed by atoms with van der Waals surface area (Å²) in [6.07, 6.45) is 4.98. The molecule has 1 saturated heterocycles. The molecule has 1 atom stereocenters. The normalized spacial score (nSPS) is 24.7. The van der Waals surface area contributed by atoms with E-state index in [1.54, 1.807) is 6.08 Å². The second-order valence-electron chi connectivity index (χ2n) is 4.21. The topological polar surface area (TPSA) is 55.4 Å². The summed E-state index contributed by atoms with van der Waals surface area (Å²) in [5.41, 5.74) is -0.450. The first-order valence-electron chi connectivity index (χ1n) is 5.60. The maximum absolute atomic E-state index is 11.9. The van der Waals surface area contributed by atoms with Gasteiger partial charge in [-0.25, -0.2) is 0 Å². The summed E-state index contributed by atoms with van der Waals surface area (Å²) in [5, 5.41) is 2.86. The highest BCUT2D eigenvalue weighted by Crippen LogP contribution is 2.36. The van der Waals surface area contributed by atoms with Crippen molar-refractivity contribution >= 4 is 11.9 Å². The lowest BCUT2D eigenvalue weighted by atomic mass is 9.73. The number of ether oxygens (including phenoxy) is 1. The van der Waals surface area contributed by atoms with Crippen LogP contribution in [0.5, 0.6) is 0 Å². The summed E-state index contributed by atoms with van der Waals surface area (Å²) < 4.78 is 4.60. The van der Waals surface area contributed by atoms with Crippen molar-refractivity contribution in [1.29, 1.82) is 0 Å². The van der Waals surface area contributed by atoms with E-state index in [1.807, 2.05) is 0 Å². The Morgan fingerprint density at radius 1 is 1.69 bits per heavy atom. The summed E-state index contributed by atoms with van der Waals surface area (Å²) in [7, 11) is 1.36. The molecule has 1 aliphatic heterocycles. The van der Waals surface area contributed by atoms with Crippen molar-refractivity contribution < 1.29 is 14.3 Å². The van der Waals surface area contributed by atoms with Crippen molar-refractivity contribution in [2.24, 2.45) is 5.41 Å². The second-order valence-corrected chi connectivity index (χ2v) is 4.21. The van der Waals surface area contributed by atoms with Crippen LogP contribution in [0, 0.1) is 5.41 Å². The number of esters is 1. The van der Waals surface area contributed by atoms with Gasteiger partial charge in [-0.3, -0.25) is 9.59 Å². The Labute approximate surface area is 96.0 Å². The number of hydrogen-bond acceptors (Lipinski definition) is 3. The molecule has 90 valence electrons. The molecule has 0 aliphatic carbocycles. The van der Waals surface area contributed by atoms with Crippen LogP contribution in [-0.4, -0.2) is 25.5 Å². The third-order valence-electron chi connectivity index (χ3n) is 3.17. The molecule has 1 rings (SSSR count). The van der Waals surface area contributed by atoms with Gasteiger partial charge in [0.15, 0.2) is 0 Å². The summed E-state index contributed by atoms with van der Waals surface area (Å²) in [6, 6.07) is 0. The van der Waals surface area contributed by atoms with Crippen molar-refractivity contribution in [3.63, 3.8) is 0 Å². The summed E-state index contributed by atoms with van der Waals surface area (Å²) >= 11 is 0. The van der Waals surface area contributed by atoms with Gasteiger partial charge in [0.25, 0.3) is 0 Å². The second kappa shape index (κ2) is 5.68. The van der Waals surface area contributed by atoms with Gasteiger partial charge in [-0.1, -0.05) is 6.08 Å². The van der Waals surface area contributed by atoms with Gasteiger partial charge in [0.05, 0.1) is 12.5 Å². The highest BCUT2D eigenvalue weighted by Gasteiger charge is 2.39. The number of methoxy groups -OCH3 is 1. The predicted octanol–water partition coefficient (Wildman–Crippen LogP) is 1.41. The van der Waals surface area contributed by atoms with E-state index < -0.39 is 5.41 Å². The molecule has 16 heavy (non-hydrogen) atoms. The Bertz CT molecular complexity index is 288. The van der Waals surface area contributed by atoms with Crippen LogP contribution in [0.4, 0.5) is 0 Å². The van der Waals surface area contributed by atoms with Crippen molar-refractivity contribution in [3.05, 3.63) is 12.7 Å². The fourth-order valence-electron chi connectivity index (χ4n) is 2.18. The Morgan fingerprint density at radius 3 is 3.00 bits per heavy atom. The van der Waals surface area contributed by atoms with Crippen LogP contribution in [0.1, 0.15) is 32.1 Å². The SMILES string of the molecule is C=CCC1(CCC(=O)OC)CCCNC1=O. The molecule has 1 aliphatic rings. The third-order valence-corrected chi connectivity index (χ3v) is 3.17. The number of amides is 1. The minimum absolute atomic E-state index is 0.0440. The average Bonchev–Trinajstić information content (AvgIpc) is 2.30. The van der Waals surface area contributed by atoms with Crippen LogP contribution in [0.15, 0.2) is 12.7 Å². The van der Waals surface area contributed by atoms with Crippen LogP contribution in [0.25, 0.3) is 0 Å². The molecule has 0 aromatic carbocycles. The predicted molar refractivity (Wildman–Crippen MR) is 60.7 cm³/mol. The molecule has 0 aromatic rings. The van der Waals surface area contributed by atoms with E-state index >= 15 is 0 Å². The molecule has 1 N–H and O–H groups in total. The number of carbonyl (C=O) groups excluding carboxylic acids is 2. The van der Waals surface area contributed by atoms with Gasteiger partial charge < -0.3 is 10.1 Å². The van der Waals surface area contributed by atoms with Crippen LogP contribution in [0.3, 0.4) is 0 Å². The molecule has 1 fully saturated rings. The van der Waals surface area contributed by atoms with Gasteiger partial charge in [-0.2, -0.15) is 0 Å². The zero-order valence-electron chi connectivity index (χ0n) is 9.75. The lowest BCUT2D eigenvalue weighted by Crippen LogP contribution is -2.45. The molecule has 0 aromatic heterocycles. The number of rotatable bonds is 5. The monoisotopic (exact) mass is 225 g/mol. The Morgan fingerprint density at radius 2 is 2.44 bits per heavy atom. The van der Waals surface area contributed by atoms with Gasteiger partial charge in [0.1, 0.15) is 0 Å². The molecular weight excluding hydrogens is 206 g/mol. The van der Waals surface area contributed by atoms with E-state index in [-0.39, 0.29) is 18.3 Å². The van der Waals surface area contributed by atoms with Crippen molar-refractivity contribution in [2.45, 2.75) is 32.1 Å². The van der Waals surface area contributed by atoms with Gasteiger partial charge in [0, 0.05) is 13.0 Å². The number of hydrogen-bond donors (Lipinski definition) is 1. The van der Waals surface area contributed by atoms with Crippen molar-refractivity contribution in [1.82, 2.24) is 5.32 Å². The molecule has 0 saturated carbocycles. The number of allylic oxidation sites excluding steroid dienone is 1. The smallest absolute Gasteiger partial charge is 0.305 e. The first kappa shape index (κ1) is 12.7. The molecule has 0 bridgehead atoms. The molecule has 0 radical (unpaired) electrons. The molecule has 4 nitrogen and oxygen atoms in total. The maximum atomic E-state index is 11.9. The Kier molecular flexibility index (Phi) is 4.52. The molecule has 4 heteroatoms. The van der Waals surface area contributed by atoms with Crippen LogP contribution in [-0.2, 0) is 14.3 Å². The zero-order valence-corrected chi connectivity index (χ0v) is 9.75. The average molecular weight is 225 g/mol. The van der Waals surface area contributed by atoms with Crippen LogP contribution >= 0.6 is 0 Å². The Balaban J connectivity index is 2.66. The molecule has 1 amide bonds. The zero-order chi connectivity index (χ0) is 12.0. The summed E-state index contributed by atoms with van der Waals surface area (Å²) in [5.74, 6) is -0.218. The van der Waals surface area contributed by atoms with E-state index in [4.69, 9.17) is 0 Å². The largest absolute Gasteiger partial charge is 0.469 e. The van der Waals surface area contributed by atoms with E-state index in [2.05, 4.69) is 16.6 Å².